The molecule has 0 spiro atoms. The molecule has 1 aliphatic heterocycles. The molecule has 0 bridgehead atoms. The normalized spacial score (nSPS) is 16.8. The summed E-state index contributed by atoms with van der Waals surface area (Å²) in [5, 5.41) is 17.6. The first-order valence-corrected chi connectivity index (χ1v) is 8.88. The monoisotopic (exact) mass is 384 g/mol. The number of ketones is 1. The maximum atomic E-state index is 12.6. The molecule has 0 amide bonds. The lowest BCUT2D eigenvalue weighted by Crippen LogP contribution is -2.23. The fourth-order valence-electron chi connectivity index (χ4n) is 3.45. The number of anilines is 1. The van der Waals surface area contributed by atoms with Crippen molar-refractivity contribution in [1.29, 1.82) is 0 Å². The molecule has 1 saturated heterocycles. The highest BCUT2D eigenvalue weighted by molar-refractivity contribution is 6.05. The molecule has 0 aromatic carbocycles. The molecule has 1 unspecified atom stereocenters. The molecule has 4 heterocycles. The zero-order chi connectivity index (χ0) is 19.8. The molecule has 10 heteroatoms. The number of carboxylic acid groups (broad SMARTS) is 1. The summed E-state index contributed by atoms with van der Waals surface area (Å²) in [6, 6.07) is 3.59. The van der Waals surface area contributed by atoms with Gasteiger partial charge in [-0.1, -0.05) is 6.07 Å². The van der Waals surface area contributed by atoms with Crippen LogP contribution in [-0.2, 0) is 18.2 Å². The summed E-state index contributed by atoms with van der Waals surface area (Å²) < 4.78 is 8.31. The number of carbonyl (C=O) groups is 2. The Morgan fingerprint density at radius 2 is 2.18 bits per heavy atom. The number of carboxylic acids is 1. The average molecular weight is 384 g/mol. The Hall–Kier alpha value is -3.27. The van der Waals surface area contributed by atoms with Crippen LogP contribution >= 0.6 is 0 Å². The van der Waals surface area contributed by atoms with Crippen LogP contribution in [0.2, 0.25) is 0 Å². The standard InChI is InChI=1S/C18H20N6O4/c1-22-16(13(8-19-22)17(26)27)14(25)7-11-3-4-15-20-18(21-24(15)9-11)23-6-5-12(10-23)28-2/h3-4,8-9,12H,5-7,10H2,1-2H3,(H,26,27). The molecule has 28 heavy (non-hydrogen) atoms. The summed E-state index contributed by atoms with van der Waals surface area (Å²) in [5.41, 5.74) is 1.37. The summed E-state index contributed by atoms with van der Waals surface area (Å²) in [7, 11) is 3.25. The number of aromatic carboxylic acids is 1. The second kappa shape index (κ2) is 7.04. The number of Topliss-reactive ketones (excluding diaryl/α,β-unsaturated/α-hetero) is 1. The molecule has 1 atom stereocenters. The first-order valence-electron chi connectivity index (χ1n) is 8.88. The first kappa shape index (κ1) is 18.1. The predicted octanol–water partition coefficient (Wildman–Crippen LogP) is 0.811. The van der Waals surface area contributed by atoms with Crippen LogP contribution in [0, 0.1) is 0 Å². The van der Waals surface area contributed by atoms with Gasteiger partial charge in [0.05, 0.1) is 12.3 Å². The van der Waals surface area contributed by atoms with Gasteiger partial charge in [0.25, 0.3) is 0 Å². The lowest BCUT2D eigenvalue weighted by molar-refractivity contribution is 0.0691. The Morgan fingerprint density at radius 1 is 1.36 bits per heavy atom. The molecule has 4 rings (SSSR count). The topological polar surface area (TPSA) is 115 Å². The quantitative estimate of drug-likeness (QED) is 0.621. The van der Waals surface area contributed by atoms with E-state index in [1.54, 1.807) is 37.0 Å². The third kappa shape index (κ3) is 3.22. The van der Waals surface area contributed by atoms with Crippen LogP contribution < -0.4 is 4.90 Å². The molecular formula is C18H20N6O4. The van der Waals surface area contributed by atoms with E-state index in [0.29, 0.717) is 17.2 Å². The molecule has 1 aliphatic rings. The number of hydrogen-bond acceptors (Lipinski definition) is 7. The highest BCUT2D eigenvalue weighted by atomic mass is 16.5. The van der Waals surface area contributed by atoms with Crippen LogP contribution in [0.5, 0.6) is 0 Å². The average Bonchev–Trinajstić information content (AvgIpc) is 3.38. The van der Waals surface area contributed by atoms with Gasteiger partial charge < -0.3 is 14.7 Å². The van der Waals surface area contributed by atoms with Crippen LogP contribution in [-0.4, -0.2) is 67.5 Å². The van der Waals surface area contributed by atoms with E-state index < -0.39 is 5.97 Å². The van der Waals surface area contributed by atoms with Crippen LogP contribution in [0.1, 0.15) is 32.8 Å². The van der Waals surface area contributed by atoms with E-state index in [9.17, 15) is 14.7 Å². The summed E-state index contributed by atoms with van der Waals surface area (Å²) >= 11 is 0. The van der Waals surface area contributed by atoms with Gasteiger partial charge in [-0.15, -0.1) is 5.10 Å². The summed E-state index contributed by atoms with van der Waals surface area (Å²) in [6.07, 6.45) is 4.08. The SMILES string of the molecule is COC1CCN(c2nc3ccc(CC(=O)c4c(C(=O)O)cnn4C)cn3n2)C1. The number of rotatable bonds is 6. The van der Waals surface area contributed by atoms with E-state index in [1.165, 1.54) is 10.9 Å². The Morgan fingerprint density at radius 3 is 2.89 bits per heavy atom. The fraction of sp³-hybridized carbons (Fsp3) is 0.389. The van der Waals surface area contributed by atoms with Crippen molar-refractivity contribution >= 4 is 23.3 Å². The van der Waals surface area contributed by atoms with Crippen molar-refractivity contribution in [2.45, 2.75) is 18.9 Å². The molecule has 3 aromatic rings. The van der Waals surface area contributed by atoms with Crippen molar-refractivity contribution in [2.75, 3.05) is 25.1 Å². The van der Waals surface area contributed by atoms with Gasteiger partial charge in [-0.3, -0.25) is 9.48 Å². The molecule has 0 saturated carbocycles. The minimum absolute atomic E-state index is 0.0421. The van der Waals surface area contributed by atoms with Crippen molar-refractivity contribution in [2.24, 2.45) is 7.05 Å². The zero-order valence-electron chi connectivity index (χ0n) is 15.6. The van der Waals surface area contributed by atoms with Crippen molar-refractivity contribution in [3.8, 4) is 0 Å². The van der Waals surface area contributed by atoms with E-state index in [0.717, 1.165) is 19.5 Å². The van der Waals surface area contributed by atoms with Gasteiger partial charge in [0.2, 0.25) is 5.95 Å². The Labute approximate surface area is 160 Å². The number of hydrogen-bond donors (Lipinski definition) is 1. The highest BCUT2D eigenvalue weighted by Gasteiger charge is 2.25. The highest BCUT2D eigenvalue weighted by Crippen LogP contribution is 2.20. The Bertz CT molecular complexity index is 1060. The first-order chi connectivity index (χ1) is 13.5. The Kier molecular flexibility index (Phi) is 4.55. The van der Waals surface area contributed by atoms with E-state index in [2.05, 4.69) is 20.1 Å². The van der Waals surface area contributed by atoms with Crippen molar-refractivity contribution < 1.29 is 19.4 Å². The minimum Gasteiger partial charge on any atom is -0.478 e. The lowest BCUT2D eigenvalue weighted by atomic mass is 10.1. The largest absolute Gasteiger partial charge is 0.478 e. The maximum Gasteiger partial charge on any atom is 0.339 e. The molecule has 0 radical (unpaired) electrons. The molecule has 0 aliphatic carbocycles. The van der Waals surface area contributed by atoms with Crippen LogP contribution in [0.3, 0.4) is 0 Å². The third-order valence-corrected chi connectivity index (χ3v) is 4.94. The van der Waals surface area contributed by atoms with Crippen molar-refractivity contribution in [1.82, 2.24) is 24.4 Å². The number of methoxy groups -OCH3 is 1. The van der Waals surface area contributed by atoms with Crippen LogP contribution in [0.25, 0.3) is 5.65 Å². The minimum atomic E-state index is -1.17. The molecule has 3 aromatic heterocycles. The predicted molar refractivity (Wildman–Crippen MR) is 98.8 cm³/mol. The second-order valence-corrected chi connectivity index (χ2v) is 6.78. The van der Waals surface area contributed by atoms with E-state index >= 15 is 0 Å². The Balaban J connectivity index is 1.56. The van der Waals surface area contributed by atoms with Gasteiger partial charge >= 0.3 is 5.97 Å². The van der Waals surface area contributed by atoms with Gasteiger partial charge in [-0.25, -0.2) is 9.31 Å². The number of fused-ring (bicyclic) bond motifs is 1. The van der Waals surface area contributed by atoms with Crippen LogP contribution in [0.15, 0.2) is 24.5 Å². The van der Waals surface area contributed by atoms with Crippen molar-refractivity contribution in [3.63, 3.8) is 0 Å². The number of aryl methyl sites for hydroxylation is 1. The van der Waals surface area contributed by atoms with E-state index in [1.807, 2.05) is 0 Å². The summed E-state index contributed by atoms with van der Waals surface area (Å²) in [5.74, 6) is -0.866. The summed E-state index contributed by atoms with van der Waals surface area (Å²) in [6.45, 7) is 1.58. The van der Waals surface area contributed by atoms with Gasteiger partial charge in [-0.05, 0) is 18.1 Å². The van der Waals surface area contributed by atoms with E-state index in [-0.39, 0.29) is 29.6 Å². The molecule has 10 nitrogen and oxygen atoms in total. The number of aromatic nitrogens is 5. The summed E-state index contributed by atoms with van der Waals surface area (Å²) in [4.78, 5) is 30.5. The number of nitrogens with zero attached hydrogens (tertiary/aromatic N) is 6. The molecule has 1 N–H and O–H groups in total. The maximum absolute atomic E-state index is 12.6. The van der Waals surface area contributed by atoms with Gasteiger partial charge in [0.1, 0.15) is 11.3 Å². The van der Waals surface area contributed by atoms with Gasteiger partial charge in [-0.2, -0.15) is 10.1 Å². The number of ether oxygens (including phenoxy) is 1. The third-order valence-electron chi connectivity index (χ3n) is 4.94. The second-order valence-electron chi connectivity index (χ2n) is 6.78. The number of carbonyl (C=O) groups excluding carboxylic acids is 1. The fourth-order valence-corrected chi connectivity index (χ4v) is 3.45. The van der Waals surface area contributed by atoms with Crippen LogP contribution in [0.4, 0.5) is 5.95 Å². The lowest BCUT2D eigenvalue weighted by Gasteiger charge is -2.12. The van der Waals surface area contributed by atoms with E-state index in [4.69, 9.17) is 4.74 Å². The molecule has 146 valence electrons. The van der Waals surface area contributed by atoms with Gasteiger partial charge in [0.15, 0.2) is 11.4 Å². The smallest absolute Gasteiger partial charge is 0.339 e. The zero-order valence-corrected chi connectivity index (χ0v) is 15.6. The molecule has 1 fully saturated rings. The van der Waals surface area contributed by atoms with Gasteiger partial charge in [0, 0.05) is 39.9 Å². The number of pyridine rings is 1. The molecular weight excluding hydrogens is 364 g/mol. The van der Waals surface area contributed by atoms with Crippen molar-refractivity contribution in [3.05, 3.63) is 41.3 Å².